The quantitative estimate of drug-likeness (QED) is 0.558. The molecule has 0 aliphatic heterocycles. The molecule has 0 radical (unpaired) electrons. The molecule has 2 N–H and O–H groups in total. The van der Waals surface area contributed by atoms with Gasteiger partial charge in [-0.2, -0.15) is 0 Å². The zero-order valence-corrected chi connectivity index (χ0v) is 7.65. The number of nitro benzene ring substituents is 1. The Morgan fingerprint density at radius 3 is 2.54 bits per heavy atom. The lowest BCUT2D eigenvalue weighted by molar-refractivity contribution is -0.385. The lowest BCUT2D eigenvalue weighted by atomic mass is 10.0. The van der Waals surface area contributed by atoms with Crippen LogP contribution >= 0.6 is 0 Å². The van der Waals surface area contributed by atoms with Gasteiger partial charge in [-0.3, -0.25) is 10.1 Å². The van der Waals surface area contributed by atoms with Gasteiger partial charge in [-0.15, -0.1) is 0 Å². The molecule has 70 valence electrons. The molecule has 0 aromatic heterocycles. The van der Waals surface area contributed by atoms with Gasteiger partial charge in [0.15, 0.2) is 0 Å². The Bertz CT molecular complexity index is 334. The molecule has 13 heavy (non-hydrogen) atoms. The molecule has 0 heterocycles. The van der Waals surface area contributed by atoms with Gasteiger partial charge in [0.05, 0.1) is 4.92 Å². The summed E-state index contributed by atoms with van der Waals surface area (Å²) < 4.78 is 0. The highest BCUT2D eigenvalue weighted by atomic mass is 16.6. The first-order valence-electron chi connectivity index (χ1n) is 4.03. The third-order valence-electron chi connectivity index (χ3n) is 1.95. The molecule has 1 unspecified atom stereocenters. The van der Waals surface area contributed by atoms with Crippen molar-refractivity contribution in [2.45, 2.75) is 19.9 Å². The van der Waals surface area contributed by atoms with Crippen molar-refractivity contribution in [1.82, 2.24) is 0 Å². The summed E-state index contributed by atoms with van der Waals surface area (Å²) in [5.41, 5.74) is 7.24. The van der Waals surface area contributed by atoms with Crippen molar-refractivity contribution in [3.63, 3.8) is 0 Å². The van der Waals surface area contributed by atoms with Crippen LogP contribution in [0.15, 0.2) is 18.2 Å². The van der Waals surface area contributed by atoms with Crippen molar-refractivity contribution >= 4 is 5.69 Å². The number of nitrogens with zero attached hydrogens (tertiary/aromatic N) is 1. The van der Waals surface area contributed by atoms with E-state index in [0.29, 0.717) is 5.56 Å². The topological polar surface area (TPSA) is 69.2 Å². The minimum Gasteiger partial charge on any atom is -0.324 e. The summed E-state index contributed by atoms with van der Waals surface area (Å²) >= 11 is 0. The van der Waals surface area contributed by atoms with Crippen molar-refractivity contribution in [2.24, 2.45) is 5.73 Å². The van der Waals surface area contributed by atoms with Gasteiger partial charge in [0.25, 0.3) is 5.69 Å². The van der Waals surface area contributed by atoms with Crippen molar-refractivity contribution in [3.8, 4) is 0 Å². The number of benzene rings is 1. The molecular formula is C9H12N2O2. The molecule has 1 aromatic carbocycles. The van der Waals surface area contributed by atoms with Gasteiger partial charge in [-0.05, 0) is 19.4 Å². The molecule has 0 bridgehead atoms. The van der Waals surface area contributed by atoms with Crippen LogP contribution in [0.4, 0.5) is 5.69 Å². The van der Waals surface area contributed by atoms with Crippen LogP contribution in [0.2, 0.25) is 0 Å². The van der Waals surface area contributed by atoms with Crippen LogP contribution in [0.25, 0.3) is 0 Å². The van der Waals surface area contributed by atoms with Crippen LogP contribution in [-0.4, -0.2) is 4.92 Å². The van der Waals surface area contributed by atoms with Crippen LogP contribution in [-0.2, 0) is 0 Å². The summed E-state index contributed by atoms with van der Waals surface area (Å²) in [5.74, 6) is 0. The maximum absolute atomic E-state index is 10.6. The monoisotopic (exact) mass is 180 g/mol. The number of aryl methyl sites for hydroxylation is 1. The number of hydrogen-bond acceptors (Lipinski definition) is 3. The number of nitro groups is 1. The first-order chi connectivity index (χ1) is 6.04. The Morgan fingerprint density at radius 1 is 1.54 bits per heavy atom. The molecule has 0 aliphatic carbocycles. The third kappa shape index (κ3) is 1.84. The Kier molecular flexibility index (Phi) is 2.63. The molecule has 1 rings (SSSR count). The van der Waals surface area contributed by atoms with Gasteiger partial charge in [0, 0.05) is 17.7 Å². The average Bonchev–Trinajstić information content (AvgIpc) is 2.02. The minimum atomic E-state index is -0.397. The zero-order chi connectivity index (χ0) is 10.0. The number of rotatable bonds is 2. The molecule has 0 spiro atoms. The van der Waals surface area contributed by atoms with Crippen molar-refractivity contribution in [2.75, 3.05) is 0 Å². The van der Waals surface area contributed by atoms with E-state index in [-0.39, 0.29) is 11.7 Å². The molecule has 4 nitrogen and oxygen atoms in total. The highest BCUT2D eigenvalue weighted by molar-refractivity contribution is 5.46. The predicted octanol–water partition coefficient (Wildman–Crippen LogP) is 1.92. The van der Waals surface area contributed by atoms with E-state index in [4.69, 9.17) is 5.73 Å². The van der Waals surface area contributed by atoms with Gasteiger partial charge in [0.1, 0.15) is 0 Å². The van der Waals surface area contributed by atoms with Crippen LogP contribution in [0, 0.1) is 17.0 Å². The van der Waals surface area contributed by atoms with Gasteiger partial charge in [-0.25, -0.2) is 0 Å². The maximum Gasteiger partial charge on any atom is 0.274 e. The summed E-state index contributed by atoms with van der Waals surface area (Å²) in [6.07, 6.45) is 0. The molecule has 4 heteroatoms. The molecule has 0 aliphatic rings. The van der Waals surface area contributed by atoms with E-state index in [1.807, 2.05) is 13.0 Å². The fraction of sp³-hybridized carbons (Fsp3) is 0.333. The van der Waals surface area contributed by atoms with Crippen LogP contribution < -0.4 is 5.73 Å². The van der Waals surface area contributed by atoms with Crippen LogP contribution in [0.5, 0.6) is 0 Å². The summed E-state index contributed by atoms with van der Waals surface area (Å²) in [4.78, 5) is 10.2. The van der Waals surface area contributed by atoms with Crippen LogP contribution in [0.1, 0.15) is 24.1 Å². The summed E-state index contributed by atoms with van der Waals surface area (Å²) in [7, 11) is 0. The average molecular weight is 180 g/mol. The Balaban J connectivity index is 3.34. The third-order valence-corrected chi connectivity index (χ3v) is 1.95. The molecule has 0 fully saturated rings. The normalized spacial score (nSPS) is 12.5. The predicted molar refractivity (Wildman–Crippen MR) is 50.4 cm³/mol. The number of nitrogens with two attached hydrogens (primary N) is 1. The van der Waals surface area contributed by atoms with Gasteiger partial charge in [-0.1, -0.05) is 12.1 Å². The van der Waals surface area contributed by atoms with E-state index in [9.17, 15) is 10.1 Å². The second-order valence-electron chi connectivity index (χ2n) is 3.05. The molecule has 1 aromatic rings. The largest absolute Gasteiger partial charge is 0.324 e. The fourth-order valence-electron chi connectivity index (χ4n) is 1.42. The van der Waals surface area contributed by atoms with Gasteiger partial charge < -0.3 is 5.73 Å². The Labute approximate surface area is 76.5 Å². The minimum absolute atomic E-state index is 0.106. The molecule has 0 amide bonds. The van der Waals surface area contributed by atoms with E-state index in [1.54, 1.807) is 13.0 Å². The Hall–Kier alpha value is -1.42. The highest BCUT2D eigenvalue weighted by Gasteiger charge is 2.17. The SMILES string of the molecule is Cc1cccc([N+](=O)[O-])c1C(C)N. The standard InChI is InChI=1S/C9H12N2O2/c1-6-4-3-5-8(11(12)13)9(6)7(2)10/h3-5,7H,10H2,1-2H3. The van der Waals surface area contributed by atoms with Crippen molar-refractivity contribution in [3.05, 3.63) is 39.4 Å². The van der Waals surface area contributed by atoms with E-state index < -0.39 is 4.92 Å². The lowest BCUT2D eigenvalue weighted by Gasteiger charge is -2.09. The van der Waals surface area contributed by atoms with E-state index in [1.165, 1.54) is 6.07 Å². The fourth-order valence-corrected chi connectivity index (χ4v) is 1.42. The first-order valence-corrected chi connectivity index (χ1v) is 4.03. The van der Waals surface area contributed by atoms with E-state index in [2.05, 4.69) is 0 Å². The molecule has 0 saturated carbocycles. The first kappa shape index (κ1) is 9.67. The highest BCUT2D eigenvalue weighted by Crippen LogP contribution is 2.26. The maximum atomic E-state index is 10.6. The summed E-state index contributed by atoms with van der Waals surface area (Å²) in [6.45, 7) is 3.57. The second-order valence-corrected chi connectivity index (χ2v) is 3.05. The van der Waals surface area contributed by atoms with Gasteiger partial charge >= 0.3 is 0 Å². The molecule has 0 saturated heterocycles. The van der Waals surface area contributed by atoms with E-state index >= 15 is 0 Å². The van der Waals surface area contributed by atoms with Gasteiger partial charge in [0.2, 0.25) is 0 Å². The van der Waals surface area contributed by atoms with Crippen LogP contribution in [0.3, 0.4) is 0 Å². The van der Waals surface area contributed by atoms with Crippen molar-refractivity contribution in [1.29, 1.82) is 0 Å². The number of hydrogen-bond donors (Lipinski definition) is 1. The summed E-state index contributed by atoms with van der Waals surface area (Å²) in [6, 6.07) is 4.66. The van der Waals surface area contributed by atoms with E-state index in [0.717, 1.165) is 5.56 Å². The molecular weight excluding hydrogens is 168 g/mol. The lowest BCUT2D eigenvalue weighted by Crippen LogP contribution is -2.09. The smallest absolute Gasteiger partial charge is 0.274 e. The zero-order valence-electron chi connectivity index (χ0n) is 7.65. The molecule has 1 atom stereocenters. The summed E-state index contributed by atoms with van der Waals surface area (Å²) in [5, 5.41) is 10.6. The Morgan fingerprint density at radius 2 is 2.15 bits per heavy atom. The van der Waals surface area contributed by atoms with Crippen molar-refractivity contribution < 1.29 is 4.92 Å². The second kappa shape index (κ2) is 3.53.